The van der Waals surface area contributed by atoms with Crippen LogP contribution in [-0.4, -0.2) is 0 Å². The molecule has 0 bridgehead atoms. The predicted molar refractivity (Wildman–Crippen MR) is 69.9 cm³/mol. The van der Waals surface area contributed by atoms with Crippen molar-refractivity contribution in [2.24, 2.45) is 0 Å². The summed E-state index contributed by atoms with van der Waals surface area (Å²) >= 11 is 5.82. The monoisotopic (exact) mass is 278 g/mol. The van der Waals surface area contributed by atoms with E-state index in [1.165, 1.54) is 24.3 Å². The van der Waals surface area contributed by atoms with Crippen molar-refractivity contribution < 1.29 is 8.78 Å². The minimum Gasteiger partial charge on any atom is -0.381 e. The normalized spacial score (nSPS) is 10.0. The number of nitrogens with one attached hydrogen (secondary N) is 1. The summed E-state index contributed by atoms with van der Waals surface area (Å²) in [5.41, 5.74) is 1.11. The zero-order valence-corrected chi connectivity index (χ0v) is 10.5. The molecular formula is C14H9ClF2N2. The highest BCUT2D eigenvalue weighted by molar-refractivity contribution is 6.31. The Labute approximate surface area is 114 Å². The van der Waals surface area contributed by atoms with Gasteiger partial charge in [-0.05, 0) is 29.8 Å². The quantitative estimate of drug-likeness (QED) is 0.917. The van der Waals surface area contributed by atoms with E-state index in [1.54, 1.807) is 18.2 Å². The first-order valence-corrected chi connectivity index (χ1v) is 5.86. The zero-order valence-electron chi connectivity index (χ0n) is 9.75. The van der Waals surface area contributed by atoms with Gasteiger partial charge in [-0.15, -0.1) is 0 Å². The molecule has 0 aliphatic carbocycles. The molecule has 0 aliphatic rings. The second-order valence-corrected chi connectivity index (χ2v) is 4.25. The van der Waals surface area contributed by atoms with E-state index in [-0.39, 0.29) is 17.1 Å². The smallest absolute Gasteiger partial charge is 0.142 e. The lowest BCUT2D eigenvalue weighted by Crippen LogP contribution is -2.01. The highest BCUT2D eigenvalue weighted by atomic mass is 35.5. The Morgan fingerprint density at radius 2 is 1.95 bits per heavy atom. The molecule has 0 saturated heterocycles. The average Bonchev–Trinajstić information content (AvgIpc) is 2.42. The van der Waals surface area contributed by atoms with E-state index in [2.05, 4.69) is 5.32 Å². The van der Waals surface area contributed by atoms with Crippen LogP contribution in [0.15, 0.2) is 36.4 Å². The standard InChI is InChI=1S/C14H9ClF2N2/c15-14-9(2-1-3-13(14)17)8-19-11-4-5-12(16)10(6-11)7-18/h1-6,19H,8H2. The summed E-state index contributed by atoms with van der Waals surface area (Å²) < 4.78 is 26.4. The highest BCUT2D eigenvalue weighted by Crippen LogP contribution is 2.21. The molecule has 0 saturated carbocycles. The van der Waals surface area contributed by atoms with Crippen molar-refractivity contribution in [1.82, 2.24) is 0 Å². The Bertz CT molecular complexity index is 650. The summed E-state index contributed by atoms with van der Waals surface area (Å²) in [6, 6.07) is 10.4. The second-order valence-electron chi connectivity index (χ2n) is 3.87. The second kappa shape index (κ2) is 5.68. The fraction of sp³-hybridized carbons (Fsp3) is 0.0714. The summed E-state index contributed by atoms with van der Waals surface area (Å²) in [6.07, 6.45) is 0. The number of benzene rings is 2. The van der Waals surface area contributed by atoms with Crippen LogP contribution >= 0.6 is 11.6 Å². The zero-order chi connectivity index (χ0) is 13.8. The van der Waals surface area contributed by atoms with Gasteiger partial charge < -0.3 is 5.32 Å². The van der Waals surface area contributed by atoms with Crippen LogP contribution in [0.5, 0.6) is 0 Å². The molecule has 0 aliphatic heterocycles. The maximum absolute atomic E-state index is 13.2. The maximum atomic E-state index is 13.2. The number of nitriles is 1. The number of rotatable bonds is 3. The van der Waals surface area contributed by atoms with Gasteiger partial charge in [-0.25, -0.2) is 8.78 Å². The van der Waals surface area contributed by atoms with Crippen LogP contribution in [0, 0.1) is 23.0 Å². The number of halogens is 3. The third-order valence-electron chi connectivity index (χ3n) is 2.60. The molecule has 2 rings (SSSR count). The van der Waals surface area contributed by atoms with Crippen LogP contribution in [-0.2, 0) is 6.54 Å². The van der Waals surface area contributed by atoms with Gasteiger partial charge in [0.15, 0.2) is 0 Å². The van der Waals surface area contributed by atoms with Crippen molar-refractivity contribution in [3.8, 4) is 6.07 Å². The van der Waals surface area contributed by atoms with Crippen LogP contribution in [0.1, 0.15) is 11.1 Å². The van der Waals surface area contributed by atoms with E-state index >= 15 is 0 Å². The number of hydrogen-bond donors (Lipinski definition) is 1. The molecular weight excluding hydrogens is 270 g/mol. The van der Waals surface area contributed by atoms with E-state index in [0.29, 0.717) is 11.3 Å². The molecule has 2 aromatic carbocycles. The van der Waals surface area contributed by atoms with Gasteiger partial charge in [0.05, 0.1) is 10.6 Å². The molecule has 0 heterocycles. The Morgan fingerprint density at radius 3 is 2.68 bits per heavy atom. The summed E-state index contributed by atoms with van der Waals surface area (Å²) in [6.45, 7) is 0.285. The van der Waals surface area contributed by atoms with Crippen molar-refractivity contribution in [3.05, 3.63) is 64.2 Å². The Morgan fingerprint density at radius 1 is 1.16 bits per heavy atom. The summed E-state index contributed by atoms with van der Waals surface area (Å²) in [5.74, 6) is -1.06. The van der Waals surface area contributed by atoms with E-state index in [0.717, 1.165) is 0 Å². The molecule has 2 nitrogen and oxygen atoms in total. The minimum absolute atomic E-state index is 0.0460. The van der Waals surface area contributed by atoms with Crippen molar-refractivity contribution in [1.29, 1.82) is 5.26 Å². The van der Waals surface area contributed by atoms with Gasteiger partial charge in [-0.2, -0.15) is 5.26 Å². The first-order chi connectivity index (χ1) is 9.11. The van der Waals surface area contributed by atoms with Gasteiger partial charge in [0, 0.05) is 12.2 Å². The first-order valence-electron chi connectivity index (χ1n) is 5.48. The number of hydrogen-bond acceptors (Lipinski definition) is 2. The van der Waals surface area contributed by atoms with Gasteiger partial charge >= 0.3 is 0 Å². The molecule has 0 fully saturated rings. The summed E-state index contributed by atoms with van der Waals surface area (Å²) in [7, 11) is 0. The maximum Gasteiger partial charge on any atom is 0.142 e. The topological polar surface area (TPSA) is 35.8 Å². The molecule has 0 spiro atoms. The summed E-state index contributed by atoms with van der Waals surface area (Å²) in [5, 5.41) is 11.7. The minimum atomic E-state index is -0.572. The fourth-order valence-electron chi connectivity index (χ4n) is 1.60. The third kappa shape index (κ3) is 3.01. The highest BCUT2D eigenvalue weighted by Gasteiger charge is 2.06. The van der Waals surface area contributed by atoms with Gasteiger partial charge in [-0.3, -0.25) is 0 Å². The van der Waals surface area contributed by atoms with E-state index in [1.807, 2.05) is 0 Å². The van der Waals surface area contributed by atoms with Crippen LogP contribution in [0.4, 0.5) is 14.5 Å². The van der Waals surface area contributed by atoms with Crippen LogP contribution in [0.3, 0.4) is 0 Å². The molecule has 1 N–H and O–H groups in total. The van der Waals surface area contributed by atoms with E-state index in [9.17, 15) is 8.78 Å². The SMILES string of the molecule is N#Cc1cc(NCc2cccc(F)c2Cl)ccc1F. The molecule has 0 amide bonds. The lowest BCUT2D eigenvalue weighted by molar-refractivity contribution is 0.624. The molecule has 0 aromatic heterocycles. The molecule has 0 atom stereocenters. The van der Waals surface area contributed by atoms with Crippen molar-refractivity contribution in [2.75, 3.05) is 5.32 Å². The van der Waals surface area contributed by atoms with Crippen molar-refractivity contribution in [3.63, 3.8) is 0 Å². The predicted octanol–water partition coefficient (Wildman–Crippen LogP) is 4.10. The summed E-state index contributed by atoms with van der Waals surface area (Å²) in [4.78, 5) is 0. The average molecular weight is 279 g/mol. The third-order valence-corrected chi connectivity index (χ3v) is 3.02. The largest absolute Gasteiger partial charge is 0.381 e. The molecule has 96 valence electrons. The number of nitrogens with zero attached hydrogens (tertiary/aromatic N) is 1. The van der Waals surface area contributed by atoms with E-state index in [4.69, 9.17) is 16.9 Å². The van der Waals surface area contributed by atoms with Crippen LogP contribution in [0.25, 0.3) is 0 Å². The molecule has 5 heteroatoms. The molecule has 0 unspecified atom stereocenters. The van der Waals surface area contributed by atoms with Crippen molar-refractivity contribution >= 4 is 17.3 Å². The lowest BCUT2D eigenvalue weighted by atomic mass is 10.2. The van der Waals surface area contributed by atoms with Crippen LogP contribution in [0.2, 0.25) is 5.02 Å². The molecule has 19 heavy (non-hydrogen) atoms. The van der Waals surface area contributed by atoms with Gasteiger partial charge in [0.2, 0.25) is 0 Å². The van der Waals surface area contributed by atoms with Crippen molar-refractivity contribution in [2.45, 2.75) is 6.54 Å². The Hall–Kier alpha value is -2.12. The number of anilines is 1. The van der Waals surface area contributed by atoms with Gasteiger partial charge in [-0.1, -0.05) is 23.7 Å². The van der Waals surface area contributed by atoms with E-state index < -0.39 is 11.6 Å². The first kappa shape index (κ1) is 13.3. The van der Waals surface area contributed by atoms with Crippen LogP contribution < -0.4 is 5.32 Å². The fourth-order valence-corrected chi connectivity index (χ4v) is 1.80. The Kier molecular flexibility index (Phi) is 3.98. The van der Waals surface area contributed by atoms with Gasteiger partial charge in [0.1, 0.15) is 17.7 Å². The molecule has 2 aromatic rings. The van der Waals surface area contributed by atoms with Gasteiger partial charge in [0.25, 0.3) is 0 Å². The lowest BCUT2D eigenvalue weighted by Gasteiger charge is -2.09. The Balaban J connectivity index is 2.15. The molecule has 0 radical (unpaired) electrons.